The number of carbonyl (C=O) groups excluding carboxylic acids is 3. The van der Waals surface area contributed by atoms with Gasteiger partial charge >= 0.3 is 0 Å². The van der Waals surface area contributed by atoms with Crippen molar-refractivity contribution in [3.05, 3.63) is 90.5 Å². The first-order chi connectivity index (χ1) is 17.5. The molecule has 2 N–H and O–H groups in total. The zero-order chi connectivity index (χ0) is 25.5. The fourth-order valence-corrected chi connectivity index (χ4v) is 4.09. The lowest BCUT2D eigenvalue weighted by molar-refractivity contribution is -0.124. The van der Waals surface area contributed by atoms with E-state index in [2.05, 4.69) is 10.7 Å². The fourth-order valence-electron chi connectivity index (χ4n) is 3.72. The van der Waals surface area contributed by atoms with E-state index < -0.39 is 23.8 Å². The van der Waals surface area contributed by atoms with Crippen molar-refractivity contribution in [1.82, 2.24) is 10.4 Å². The van der Waals surface area contributed by atoms with Gasteiger partial charge in [-0.1, -0.05) is 43.3 Å². The number of nitrogens with one attached hydrogen (secondary N) is 2. The first-order valence-electron chi connectivity index (χ1n) is 11.6. The number of carbonyl (C=O) groups is 3. The molecule has 9 heteroatoms. The number of ether oxygens (including phenoxy) is 1. The molecule has 3 aromatic carbocycles. The molecule has 8 nitrogen and oxygen atoms in total. The van der Waals surface area contributed by atoms with Gasteiger partial charge in [0.05, 0.1) is 18.7 Å². The summed E-state index contributed by atoms with van der Waals surface area (Å²) in [4.78, 5) is 40.6. The zero-order valence-corrected chi connectivity index (χ0v) is 20.5. The van der Waals surface area contributed by atoms with Gasteiger partial charge in [-0.25, -0.2) is 5.01 Å². The maximum absolute atomic E-state index is 13.4. The normalized spacial score (nSPS) is 15.1. The summed E-state index contributed by atoms with van der Waals surface area (Å²) in [6.45, 7) is 2.63. The van der Waals surface area contributed by atoms with Crippen LogP contribution in [0.25, 0.3) is 0 Å². The number of rotatable bonds is 9. The summed E-state index contributed by atoms with van der Waals surface area (Å²) in [7, 11) is 0. The van der Waals surface area contributed by atoms with Crippen molar-refractivity contribution in [3.63, 3.8) is 0 Å². The van der Waals surface area contributed by atoms with Crippen LogP contribution in [0.2, 0.25) is 0 Å². The van der Waals surface area contributed by atoms with Crippen molar-refractivity contribution < 1.29 is 19.1 Å². The van der Waals surface area contributed by atoms with Gasteiger partial charge in [-0.15, -0.1) is 0 Å². The molecule has 3 amide bonds. The molecule has 0 spiro atoms. The average Bonchev–Trinajstić information content (AvgIpc) is 3.13. The summed E-state index contributed by atoms with van der Waals surface area (Å²) in [5.74, 6) is -0.529. The first kappa shape index (κ1) is 24.9. The lowest BCUT2D eigenvalue weighted by Gasteiger charge is -2.24. The van der Waals surface area contributed by atoms with Crippen LogP contribution >= 0.6 is 12.2 Å². The molecule has 1 fully saturated rings. The number of hydrogen-bond acceptors (Lipinski definition) is 5. The summed E-state index contributed by atoms with van der Waals surface area (Å²) < 4.78 is 5.57. The van der Waals surface area contributed by atoms with Crippen LogP contribution in [0.4, 0.5) is 11.4 Å². The van der Waals surface area contributed by atoms with Gasteiger partial charge in [0.15, 0.2) is 0 Å². The molecule has 1 atom stereocenters. The monoisotopic (exact) mass is 502 g/mol. The summed E-state index contributed by atoms with van der Waals surface area (Å²) >= 11 is 5.57. The Labute approximate surface area is 214 Å². The minimum Gasteiger partial charge on any atom is -0.494 e. The summed E-state index contributed by atoms with van der Waals surface area (Å²) in [5.41, 5.74) is 4.24. The summed E-state index contributed by atoms with van der Waals surface area (Å²) in [6.07, 6.45) is 0.679. The highest BCUT2D eigenvalue weighted by Crippen LogP contribution is 2.26. The number of nitrogens with zero attached hydrogens (tertiary/aromatic N) is 2. The van der Waals surface area contributed by atoms with Crippen LogP contribution in [-0.2, 0) is 9.59 Å². The van der Waals surface area contributed by atoms with Crippen LogP contribution in [0.1, 0.15) is 30.1 Å². The minimum atomic E-state index is -1.02. The lowest BCUT2D eigenvalue weighted by atomic mass is 10.1. The van der Waals surface area contributed by atoms with E-state index in [9.17, 15) is 14.4 Å². The largest absolute Gasteiger partial charge is 0.494 e. The zero-order valence-electron chi connectivity index (χ0n) is 19.7. The van der Waals surface area contributed by atoms with Crippen LogP contribution < -0.4 is 20.4 Å². The van der Waals surface area contributed by atoms with Gasteiger partial charge in [-0.3, -0.25) is 24.7 Å². The van der Waals surface area contributed by atoms with Crippen LogP contribution in [0.5, 0.6) is 5.75 Å². The highest BCUT2D eigenvalue weighted by atomic mass is 32.1. The SMILES string of the molecule is CCCOc1ccc(NC(=O)CC2C(=O)N(c3ccccc3)C(=S)N2NC(=O)c2ccccc2)cc1. The quantitative estimate of drug-likeness (QED) is 0.427. The van der Waals surface area contributed by atoms with E-state index in [1.165, 1.54) is 9.91 Å². The van der Waals surface area contributed by atoms with E-state index in [1.54, 1.807) is 78.9 Å². The average molecular weight is 503 g/mol. The molecule has 0 aliphatic carbocycles. The molecule has 0 bridgehead atoms. The Morgan fingerprint density at radius 3 is 2.22 bits per heavy atom. The molecule has 1 unspecified atom stereocenters. The maximum Gasteiger partial charge on any atom is 0.269 e. The molecule has 1 heterocycles. The van der Waals surface area contributed by atoms with E-state index in [0.29, 0.717) is 29.3 Å². The third-order valence-corrected chi connectivity index (χ3v) is 5.86. The minimum absolute atomic E-state index is 0.0886. The van der Waals surface area contributed by atoms with E-state index in [-0.39, 0.29) is 11.5 Å². The van der Waals surface area contributed by atoms with Crippen LogP contribution in [0, 0.1) is 0 Å². The third kappa shape index (κ3) is 5.69. The predicted octanol–water partition coefficient (Wildman–Crippen LogP) is 4.15. The van der Waals surface area contributed by atoms with E-state index >= 15 is 0 Å². The third-order valence-electron chi connectivity index (χ3n) is 5.48. The second kappa shape index (κ2) is 11.5. The molecule has 184 valence electrons. The van der Waals surface area contributed by atoms with Gasteiger partial charge in [0.25, 0.3) is 11.8 Å². The Morgan fingerprint density at radius 1 is 0.944 bits per heavy atom. The number of benzene rings is 3. The van der Waals surface area contributed by atoms with Crippen molar-refractivity contribution in [1.29, 1.82) is 0 Å². The fraction of sp³-hybridized carbons (Fsp3) is 0.185. The van der Waals surface area contributed by atoms with Crippen molar-refractivity contribution in [2.45, 2.75) is 25.8 Å². The molecule has 36 heavy (non-hydrogen) atoms. The topological polar surface area (TPSA) is 91.0 Å². The van der Waals surface area contributed by atoms with Crippen molar-refractivity contribution in [2.75, 3.05) is 16.8 Å². The van der Waals surface area contributed by atoms with Gasteiger partial charge in [0, 0.05) is 11.3 Å². The van der Waals surface area contributed by atoms with E-state index in [0.717, 1.165) is 6.42 Å². The maximum atomic E-state index is 13.4. The summed E-state index contributed by atoms with van der Waals surface area (Å²) in [5, 5.41) is 4.18. The molecule has 1 aliphatic rings. The summed E-state index contributed by atoms with van der Waals surface area (Å²) in [6, 6.07) is 23.4. The number of thiocarbonyl (C=S) groups is 1. The lowest BCUT2D eigenvalue weighted by Crippen LogP contribution is -2.49. The van der Waals surface area contributed by atoms with E-state index in [4.69, 9.17) is 17.0 Å². The number of para-hydroxylation sites is 1. The van der Waals surface area contributed by atoms with Crippen LogP contribution in [-0.4, -0.2) is 40.5 Å². The molecular weight excluding hydrogens is 476 g/mol. The van der Waals surface area contributed by atoms with Gasteiger partial charge in [-0.2, -0.15) is 0 Å². The second-order valence-electron chi connectivity index (χ2n) is 8.11. The smallest absolute Gasteiger partial charge is 0.269 e. The molecule has 4 rings (SSSR count). The Bertz CT molecular complexity index is 1240. The van der Waals surface area contributed by atoms with Crippen molar-refractivity contribution >= 4 is 46.4 Å². The highest BCUT2D eigenvalue weighted by molar-refractivity contribution is 7.80. The predicted molar refractivity (Wildman–Crippen MR) is 142 cm³/mol. The van der Waals surface area contributed by atoms with Gasteiger partial charge in [-0.05, 0) is 67.2 Å². The highest BCUT2D eigenvalue weighted by Gasteiger charge is 2.45. The Hall–Kier alpha value is -4.24. The van der Waals surface area contributed by atoms with Gasteiger partial charge in [0.2, 0.25) is 11.0 Å². The molecule has 0 aromatic heterocycles. The molecular formula is C27H26N4O4S. The Kier molecular flexibility index (Phi) is 7.92. The standard InChI is InChI=1S/C27H26N4O4S/c1-2-17-35-22-15-13-20(14-16-22)28-24(32)18-23-26(34)30(21-11-7-4-8-12-21)27(36)31(23)29-25(33)19-9-5-3-6-10-19/h3-16,23H,2,17-18H2,1H3,(H,28,32)(H,29,33). The molecule has 0 saturated carbocycles. The van der Waals surface area contributed by atoms with Gasteiger partial charge in [0.1, 0.15) is 11.8 Å². The van der Waals surface area contributed by atoms with Gasteiger partial charge < -0.3 is 10.1 Å². The number of hydrogen-bond donors (Lipinski definition) is 2. The number of hydrazine groups is 1. The second-order valence-corrected chi connectivity index (χ2v) is 8.47. The van der Waals surface area contributed by atoms with Crippen LogP contribution in [0.3, 0.4) is 0 Å². The molecule has 1 saturated heterocycles. The Morgan fingerprint density at radius 2 is 1.58 bits per heavy atom. The molecule has 3 aromatic rings. The number of anilines is 2. The van der Waals surface area contributed by atoms with E-state index in [1.807, 2.05) is 13.0 Å². The first-order valence-corrected chi connectivity index (χ1v) is 12.0. The van der Waals surface area contributed by atoms with Crippen LogP contribution in [0.15, 0.2) is 84.9 Å². The molecule has 1 aliphatic heterocycles. The Balaban J connectivity index is 1.52. The van der Waals surface area contributed by atoms with Crippen molar-refractivity contribution in [2.24, 2.45) is 0 Å². The van der Waals surface area contributed by atoms with Crippen molar-refractivity contribution in [3.8, 4) is 5.75 Å². The number of amides is 3. The molecule has 0 radical (unpaired) electrons.